The highest BCUT2D eigenvalue weighted by molar-refractivity contribution is 5.76. The summed E-state index contributed by atoms with van der Waals surface area (Å²) in [4.78, 5) is 34.3. The van der Waals surface area contributed by atoms with E-state index in [0.29, 0.717) is 56.2 Å². The molecule has 4 aliphatic rings. The third-order valence-electron chi connectivity index (χ3n) is 8.79. The lowest BCUT2D eigenvalue weighted by Gasteiger charge is -2.57. The quantitative estimate of drug-likeness (QED) is 0.662. The third-order valence-corrected chi connectivity index (χ3v) is 8.79. The summed E-state index contributed by atoms with van der Waals surface area (Å²) in [7, 11) is 0. The molecule has 4 atom stereocenters. The largest absolute Gasteiger partial charge is 0.366 e. The lowest BCUT2D eigenvalue weighted by molar-refractivity contribution is -0.144. The van der Waals surface area contributed by atoms with E-state index in [1.54, 1.807) is 19.1 Å². The topological polar surface area (TPSA) is 47.1 Å². The van der Waals surface area contributed by atoms with Crippen LogP contribution in [0.2, 0.25) is 0 Å². The van der Waals surface area contributed by atoms with Crippen molar-refractivity contribution in [1.29, 1.82) is 0 Å². The molecule has 6 nitrogen and oxygen atoms in total. The van der Waals surface area contributed by atoms with Crippen LogP contribution in [0.1, 0.15) is 51.9 Å². The number of hydrogen-bond donors (Lipinski definition) is 0. The van der Waals surface area contributed by atoms with Crippen molar-refractivity contribution in [3.05, 3.63) is 30.1 Å². The zero-order chi connectivity index (χ0) is 23.7. The van der Waals surface area contributed by atoms with E-state index in [1.165, 1.54) is 44.8 Å². The van der Waals surface area contributed by atoms with Crippen LogP contribution in [0, 0.1) is 17.7 Å². The number of benzene rings is 1. The van der Waals surface area contributed by atoms with E-state index in [1.807, 2.05) is 15.9 Å². The Morgan fingerprint density at radius 3 is 2.47 bits per heavy atom. The summed E-state index contributed by atoms with van der Waals surface area (Å²) in [5.41, 5.74) is 0.624. The molecule has 0 radical (unpaired) electrons. The molecule has 0 saturated carbocycles. The first kappa shape index (κ1) is 23.6. The third kappa shape index (κ3) is 4.68. The molecule has 0 bridgehead atoms. The second kappa shape index (κ2) is 10.2. The standard InChI is InChI=1S/C27H39FN4O2/c1-20(33)32-19-21-7-5-13-31-14-6-8-22(27(21)31)24(32)11-4-12-26(34)30-17-15-29(16-18-30)25-10-3-2-9-23(25)28/h2-3,9-10,21-22,24,27H,4-8,11-19H2,1H3/t21-,22+,24+,27-/m0/s1. The second-order valence-corrected chi connectivity index (χ2v) is 10.7. The van der Waals surface area contributed by atoms with Crippen LogP contribution in [0.15, 0.2) is 24.3 Å². The van der Waals surface area contributed by atoms with Gasteiger partial charge in [-0.25, -0.2) is 4.39 Å². The number of para-hydroxylation sites is 1. The molecule has 7 heteroatoms. The van der Waals surface area contributed by atoms with E-state index in [0.717, 1.165) is 19.4 Å². The molecule has 34 heavy (non-hydrogen) atoms. The van der Waals surface area contributed by atoms with Crippen LogP contribution in [-0.2, 0) is 9.59 Å². The van der Waals surface area contributed by atoms with Crippen molar-refractivity contribution in [3.63, 3.8) is 0 Å². The number of rotatable bonds is 5. The van der Waals surface area contributed by atoms with Crippen LogP contribution >= 0.6 is 0 Å². The number of carbonyl (C=O) groups excluding carboxylic acids is 2. The average Bonchev–Trinajstić information content (AvgIpc) is 2.85. The number of halogens is 1. The van der Waals surface area contributed by atoms with Gasteiger partial charge in [0.05, 0.1) is 5.69 Å². The molecule has 0 spiro atoms. The minimum absolute atomic E-state index is 0.194. The number of amides is 2. The van der Waals surface area contributed by atoms with Gasteiger partial charge in [0, 0.05) is 58.2 Å². The monoisotopic (exact) mass is 470 g/mol. The summed E-state index contributed by atoms with van der Waals surface area (Å²) in [6, 6.07) is 7.75. The Balaban J connectivity index is 1.15. The Morgan fingerprint density at radius 2 is 1.74 bits per heavy atom. The molecular formula is C27H39FN4O2. The summed E-state index contributed by atoms with van der Waals surface area (Å²) in [5.74, 6) is 1.36. The van der Waals surface area contributed by atoms with Gasteiger partial charge >= 0.3 is 0 Å². The van der Waals surface area contributed by atoms with E-state index < -0.39 is 0 Å². The number of nitrogens with zero attached hydrogens (tertiary/aromatic N) is 4. The van der Waals surface area contributed by atoms with Crippen molar-refractivity contribution >= 4 is 17.5 Å². The van der Waals surface area contributed by atoms with Gasteiger partial charge in [0.2, 0.25) is 11.8 Å². The van der Waals surface area contributed by atoms with E-state index in [4.69, 9.17) is 0 Å². The van der Waals surface area contributed by atoms with Gasteiger partial charge in [0.1, 0.15) is 5.82 Å². The molecule has 1 aromatic rings. The first-order chi connectivity index (χ1) is 16.5. The number of anilines is 1. The smallest absolute Gasteiger partial charge is 0.222 e. The van der Waals surface area contributed by atoms with Gasteiger partial charge in [-0.05, 0) is 75.6 Å². The molecule has 0 N–H and O–H groups in total. The van der Waals surface area contributed by atoms with Gasteiger partial charge in [-0.2, -0.15) is 0 Å². The molecule has 0 aliphatic carbocycles. The summed E-state index contributed by atoms with van der Waals surface area (Å²) in [6.07, 6.45) is 7.21. The second-order valence-electron chi connectivity index (χ2n) is 10.7. The Hall–Kier alpha value is -2.15. The molecule has 2 amide bonds. The van der Waals surface area contributed by atoms with Crippen LogP contribution in [0.25, 0.3) is 0 Å². The highest BCUT2D eigenvalue weighted by atomic mass is 19.1. The first-order valence-corrected chi connectivity index (χ1v) is 13.3. The Kier molecular flexibility index (Phi) is 7.09. The van der Waals surface area contributed by atoms with Crippen molar-refractivity contribution in [2.24, 2.45) is 11.8 Å². The fraction of sp³-hybridized carbons (Fsp3) is 0.704. The minimum atomic E-state index is -0.203. The van der Waals surface area contributed by atoms with Gasteiger partial charge in [-0.15, -0.1) is 0 Å². The lowest BCUT2D eigenvalue weighted by Crippen LogP contribution is -2.65. The number of likely N-dealkylation sites (tertiary alicyclic amines) is 1. The maximum Gasteiger partial charge on any atom is 0.222 e. The predicted octanol–water partition coefficient (Wildman–Crippen LogP) is 3.37. The normalized spacial score (nSPS) is 29.6. The van der Waals surface area contributed by atoms with Crippen molar-refractivity contribution in [2.45, 2.75) is 64.0 Å². The Morgan fingerprint density at radius 1 is 1.00 bits per heavy atom. The summed E-state index contributed by atoms with van der Waals surface area (Å²) < 4.78 is 14.1. The molecular weight excluding hydrogens is 431 g/mol. The van der Waals surface area contributed by atoms with E-state index in [2.05, 4.69) is 9.80 Å². The van der Waals surface area contributed by atoms with E-state index in [9.17, 15) is 14.0 Å². The summed E-state index contributed by atoms with van der Waals surface area (Å²) >= 11 is 0. The molecule has 5 rings (SSSR count). The molecule has 4 saturated heterocycles. The highest BCUT2D eigenvalue weighted by Crippen LogP contribution is 2.43. The molecule has 0 aromatic heterocycles. The van der Waals surface area contributed by atoms with Gasteiger partial charge in [0.25, 0.3) is 0 Å². The molecule has 4 heterocycles. The maximum absolute atomic E-state index is 14.1. The SMILES string of the molecule is CC(=O)N1C[C@@H]2CCCN3CCC[C@@H]([C@H]23)[C@H]1CCCC(=O)N1CCN(c2ccccc2F)CC1. The van der Waals surface area contributed by atoms with Crippen molar-refractivity contribution < 1.29 is 14.0 Å². The fourth-order valence-electron chi connectivity index (χ4n) is 7.25. The lowest BCUT2D eigenvalue weighted by atomic mass is 9.69. The van der Waals surface area contributed by atoms with Crippen LogP contribution in [-0.4, -0.2) is 84.4 Å². The van der Waals surface area contributed by atoms with Gasteiger partial charge < -0.3 is 14.7 Å². The zero-order valence-electron chi connectivity index (χ0n) is 20.5. The Bertz CT molecular complexity index is 885. The predicted molar refractivity (Wildman–Crippen MR) is 131 cm³/mol. The van der Waals surface area contributed by atoms with Crippen LogP contribution < -0.4 is 4.90 Å². The number of hydrogen-bond acceptors (Lipinski definition) is 4. The van der Waals surface area contributed by atoms with E-state index in [-0.39, 0.29) is 23.7 Å². The summed E-state index contributed by atoms with van der Waals surface area (Å²) in [6.45, 7) is 7.63. The van der Waals surface area contributed by atoms with Gasteiger partial charge in [-0.1, -0.05) is 12.1 Å². The Labute approximate surface area is 203 Å². The fourth-order valence-corrected chi connectivity index (χ4v) is 7.25. The minimum Gasteiger partial charge on any atom is -0.366 e. The average molecular weight is 471 g/mol. The van der Waals surface area contributed by atoms with Gasteiger partial charge in [0.15, 0.2) is 0 Å². The highest BCUT2D eigenvalue weighted by Gasteiger charge is 2.48. The molecule has 186 valence electrons. The first-order valence-electron chi connectivity index (χ1n) is 13.3. The summed E-state index contributed by atoms with van der Waals surface area (Å²) in [5, 5.41) is 0. The molecule has 0 unspecified atom stereocenters. The molecule has 1 aromatic carbocycles. The van der Waals surface area contributed by atoms with Crippen molar-refractivity contribution in [3.8, 4) is 0 Å². The molecule has 4 aliphatic heterocycles. The van der Waals surface area contributed by atoms with Crippen LogP contribution in [0.5, 0.6) is 0 Å². The van der Waals surface area contributed by atoms with Crippen LogP contribution in [0.4, 0.5) is 10.1 Å². The van der Waals surface area contributed by atoms with Crippen molar-refractivity contribution in [1.82, 2.24) is 14.7 Å². The van der Waals surface area contributed by atoms with Crippen LogP contribution in [0.3, 0.4) is 0 Å². The van der Waals surface area contributed by atoms with E-state index >= 15 is 0 Å². The zero-order valence-corrected chi connectivity index (χ0v) is 20.5. The number of piperazine rings is 1. The molecule has 4 fully saturated rings. The number of piperidine rings is 3. The van der Waals surface area contributed by atoms with Gasteiger partial charge in [-0.3, -0.25) is 14.5 Å². The number of carbonyl (C=O) groups is 2. The maximum atomic E-state index is 14.1. The van der Waals surface area contributed by atoms with Crippen molar-refractivity contribution in [2.75, 3.05) is 50.7 Å².